The molecule has 2 aromatic rings. The molecule has 84 valence electrons. The fraction of sp³-hybridized carbons (Fsp3) is 0. The number of hydrogen-bond donors (Lipinski definition) is 1. The van der Waals surface area contributed by atoms with Gasteiger partial charge < -0.3 is 5.73 Å². The van der Waals surface area contributed by atoms with Crippen LogP contribution in [0.3, 0.4) is 0 Å². The predicted molar refractivity (Wildman–Crippen MR) is 66.1 cm³/mol. The maximum atomic E-state index is 13.4. The molecule has 0 aliphatic heterocycles. The van der Waals surface area contributed by atoms with Crippen molar-refractivity contribution >= 4 is 17.4 Å². The fourth-order valence-electron chi connectivity index (χ4n) is 1.32. The first kappa shape index (κ1) is 11.5. The topological polar surface area (TPSA) is 49.8 Å². The lowest BCUT2D eigenvalue weighted by Crippen LogP contribution is -1.85. The molecule has 0 radical (unpaired) electrons. The van der Waals surface area contributed by atoms with E-state index in [-0.39, 0.29) is 5.56 Å². The van der Waals surface area contributed by atoms with E-state index in [9.17, 15) is 4.39 Å². The second kappa shape index (κ2) is 4.89. The van der Waals surface area contributed by atoms with Gasteiger partial charge in [-0.3, -0.25) is 0 Å². The second-order valence-corrected chi connectivity index (χ2v) is 4.57. The quantitative estimate of drug-likeness (QED) is 0.823. The highest BCUT2D eigenvalue weighted by Crippen LogP contribution is 2.29. The molecule has 0 aromatic heterocycles. The highest BCUT2D eigenvalue weighted by atomic mass is 32.2. The van der Waals surface area contributed by atoms with Crippen LogP contribution in [0, 0.1) is 17.1 Å². The summed E-state index contributed by atoms with van der Waals surface area (Å²) in [5, 5.41) is 8.62. The highest BCUT2D eigenvalue weighted by molar-refractivity contribution is 7.99. The van der Waals surface area contributed by atoms with Crippen LogP contribution in [0.4, 0.5) is 10.1 Å². The van der Waals surface area contributed by atoms with Crippen LogP contribution in [0.2, 0.25) is 0 Å². The first-order valence-corrected chi connectivity index (χ1v) is 5.74. The van der Waals surface area contributed by atoms with Crippen LogP contribution in [0.25, 0.3) is 0 Å². The van der Waals surface area contributed by atoms with E-state index in [2.05, 4.69) is 0 Å². The number of rotatable bonds is 2. The molecule has 0 bridgehead atoms. The molecular weight excluding hydrogens is 235 g/mol. The Bertz CT molecular complexity index is 573. The summed E-state index contributed by atoms with van der Waals surface area (Å²) in [6.07, 6.45) is 0. The summed E-state index contributed by atoms with van der Waals surface area (Å²) in [6.45, 7) is 0. The van der Waals surface area contributed by atoms with Gasteiger partial charge in [0.15, 0.2) is 0 Å². The van der Waals surface area contributed by atoms with E-state index in [0.717, 1.165) is 9.79 Å². The van der Waals surface area contributed by atoms with Crippen molar-refractivity contribution in [2.45, 2.75) is 9.79 Å². The van der Waals surface area contributed by atoms with Crippen molar-refractivity contribution in [1.29, 1.82) is 5.26 Å². The Hall–Kier alpha value is -1.99. The molecule has 0 spiro atoms. The van der Waals surface area contributed by atoms with Gasteiger partial charge in [-0.2, -0.15) is 5.26 Å². The number of benzene rings is 2. The van der Waals surface area contributed by atoms with Crippen LogP contribution >= 0.6 is 11.8 Å². The number of nitrogens with zero attached hydrogens (tertiary/aromatic N) is 1. The number of hydrogen-bond acceptors (Lipinski definition) is 3. The Labute approximate surface area is 103 Å². The van der Waals surface area contributed by atoms with Crippen LogP contribution in [0.1, 0.15) is 5.56 Å². The van der Waals surface area contributed by atoms with Gasteiger partial charge in [0.25, 0.3) is 0 Å². The molecule has 4 heteroatoms. The molecule has 0 atom stereocenters. The first-order chi connectivity index (χ1) is 8.19. The minimum Gasteiger partial charge on any atom is -0.399 e. The lowest BCUT2D eigenvalue weighted by Gasteiger charge is -2.03. The second-order valence-electron chi connectivity index (χ2n) is 3.42. The lowest BCUT2D eigenvalue weighted by molar-refractivity contribution is 0.620. The average molecular weight is 244 g/mol. The van der Waals surface area contributed by atoms with Gasteiger partial charge in [0.1, 0.15) is 11.9 Å². The molecule has 2 rings (SSSR count). The third-order valence-corrected chi connectivity index (χ3v) is 3.17. The molecule has 17 heavy (non-hydrogen) atoms. The summed E-state index contributed by atoms with van der Waals surface area (Å²) in [7, 11) is 0. The van der Waals surface area contributed by atoms with Gasteiger partial charge in [-0.1, -0.05) is 11.8 Å². The van der Waals surface area contributed by atoms with E-state index in [0.29, 0.717) is 5.69 Å². The van der Waals surface area contributed by atoms with Gasteiger partial charge in [-0.15, -0.1) is 0 Å². The van der Waals surface area contributed by atoms with E-state index < -0.39 is 5.82 Å². The van der Waals surface area contributed by atoms with Gasteiger partial charge in [-0.25, -0.2) is 4.39 Å². The van der Waals surface area contributed by atoms with Crippen molar-refractivity contribution < 1.29 is 4.39 Å². The zero-order valence-electron chi connectivity index (χ0n) is 8.85. The predicted octanol–water partition coefficient (Wildman–Crippen LogP) is 3.43. The summed E-state index contributed by atoms with van der Waals surface area (Å²) in [4.78, 5) is 1.73. The van der Waals surface area contributed by atoms with E-state index in [4.69, 9.17) is 11.0 Å². The Morgan fingerprint density at radius 2 is 1.71 bits per heavy atom. The molecular formula is C13H9FN2S. The molecule has 0 amide bonds. The maximum absolute atomic E-state index is 13.4. The van der Waals surface area contributed by atoms with Crippen LogP contribution in [-0.2, 0) is 0 Å². The van der Waals surface area contributed by atoms with Crippen LogP contribution < -0.4 is 5.73 Å². The summed E-state index contributed by atoms with van der Waals surface area (Å²) >= 11 is 1.42. The van der Waals surface area contributed by atoms with Crippen LogP contribution in [0.5, 0.6) is 0 Å². The zero-order valence-corrected chi connectivity index (χ0v) is 9.67. The average Bonchev–Trinajstić information content (AvgIpc) is 2.32. The summed E-state index contributed by atoms with van der Waals surface area (Å²) in [5.41, 5.74) is 6.33. The Kier molecular flexibility index (Phi) is 3.31. The minimum atomic E-state index is -0.493. The van der Waals surface area contributed by atoms with E-state index >= 15 is 0 Å². The van der Waals surface area contributed by atoms with Gasteiger partial charge in [0.2, 0.25) is 0 Å². The van der Waals surface area contributed by atoms with Crippen molar-refractivity contribution in [2.75, 3.05) is 5.73 Å². The highest BCUT2D eigenvalue weighted by Gasteiger charge is 2.04. The van der Waals surface area contributed by atoms with Crippen molar-refractivity contribution in [3.8, 4) is 6.07 Å². The molecule has 2 nitrogen and oxygen atoms in total. The van der Waals surface area contributed by atoms with E-state index in [1.54, 1.807) is 24.3 Å². The zero-order chi connectivity index (χ0) is 12.3. The van der Waals surface area contributed by atoms with Crippen molar-refractivity contribution in [3.05, 3.63) is 53.8 Å². The summed E-state index contributed by atoms with van der Waals surface area (Å²) < 4.78 is 13.4. The van der Waals surface area contributed by atoms with Gasteiger partial charge >= 0.3 is 0 Å². The molecule has 0 aliphatic rings. The van der Waals surface area contributed by atoms with Crippen LogP contribution in [0.15, 0.2) is 52.3 Å². The number of halogens is 1. The third-order valence-electron chi connectivity index (χ3n) is 2.18. The van der Waals surface area contributed by atoms with E-state index in [1.807, 2.05) is 12.1 Å². The third kappa shape index (κ3) is 2.77. The Morgan fingerprint density at radius 3 is 2.29 bits per heavy atom. The normalized spacial score (nSPS) is 9.88. The van der Waals surface area contributed by atoms with Gasteiger partial charge in [0.05, 0.1) is 5.56 Å². The SMILES string of the molecule is N#Cc1ccc(Sc2ccc(N)cc2)cc1F. The number of anilines is 1. The van der Waals surface area contributed by atoms with Crippen molar-refractivity contribution in [3.63, 3.8) is 0 Å². The number of nitrogen functional groups attached to an aromatic ring is 1. The molecule has 0 saturated heterocycles. The first-order valence-electron chi connectivity index (χ1n) is 4.92. The van der Waals surface area contributed by atoms with Gasteiger partial charge in [-0.05, 0) is 42.5 Å². The minimum absolute atomic E-state index is 0.0617. The molecule has 0 unspecified atom stereocenters. The van der Waals surface area contributed by atoms with Crippen LogP contribution in [-0.4, -0.2) is 0 Å². The molecule has 2 aromatic carbocycles. The molecule has 0 aliphatic carbocycles. The smallest absolute Gasteiger partial charge is 0.142 e. The molecule has 2 N–H and O–H groups in total. The molecule has 0 heterocycles. The molecule has 0 fully saturated rings. The largest absolute Gasteiger partial charge is 0.399 e. The van der Waals surface area contributed by atoms with Gasteiger partial charge in [0, 0.05) is 15.5 Å². The number of nitriles is 1. The molecule has 0 saturated carbocycles. The summed E-state index contributed by atoms with van der Waals surface area (Å²) in [6, 6.07) is 13.7. The monoisotopic (exact) mass is 244 g/mol. The fourth-order valence-corrected chi connectivity index (χ4v) is 2.16. The lowest BCUT2D eigenvalue weighted by atomic mass is 10.2. The standard InChI is InChI=1S/C13H9FN2S/c14-13-7-12(4-1-9(13)8-15)17-11-5-2-10(16)3-6-11/h1-7H,16H2. The Balaban J connectivity index is 2.22. The van der Waals surface area contributed by atoms with Crippen molar-refractivity contribution in [1.82, 2.24) is 0 Å². The maximum Gasteiger partial charge on any atom is 0.142 e. The van der Waals surface area contributed by atoms with E-state index in [1.165, 1.54) is 23.9 Å². The Morgan fingerprint density at radius 1 is 1.06 bits per heavy atom. The summed E-state index contributed by atoms with van der Waals surface area (Å²) in [5.74, 6) is -0.493. The van der Waals surface area contributed by atoms with Crippen molar-refractivity contribution in [2.24, 2.45) is 0 Å². The number of nitrogens with two attached hydrogens (primary N) is 1.